The SMILES string of the molecule is CC(Cc1nnc(NC(=O)C2CCN(C(=O)C3CC(=O)N(C(C)(C)C)C3)CC2)s1)c1ccccc1. The third-order valence-corrected chi connectivity index (χ3v) is 7.87. The maximum absolute atomic E-state index is 13.0. The van der Waals surface area contributed by atoms with Crippen LogP contribution in [-0.2, 0) is 20.8 Å². The highest BCUT2D eigenvalue weighted by molar-refractivity contribution is 7.15. The highest BCUT2D eigenvalue weighted by Crippen LogP contribution is 2.29. The zero-order chi connectivity index (χ0) is 25.2. The molecule has 2 saturated heterocycles. The summed E-state index contributed by atoms with van der Waals surface area (Å²) in [4.78, 5) is 41.8. The van der Waals surface area contributed by atoms with E-state index in [4.69, 9.17) is 0 Å². The molecule has 8 nitrogen and oxygen atoms in total. The lowest BCUT2D eigenvalue weighted by Gasteiger charge is -2.34. The first-order valence-electron chi connectivity index (χ1n) is 12.4. The highest BCUT2D eigenvalue weighted by atomic mass is 32.1. The molecular weight excluding hydrogens is 462 g/mol. The maximum Gasteiger partial charge on any atom is 0.229 e. The molecule has 2 aliphatic rings. The minimum absolute atomic E-state index is 0.0326. The van der Waals surface area contributed by atoms with Crippen LogP contribution >= 0.6 is 11.3 Å². The van der Waals surface area contributed by atoms with E-state index in [2.05, 4.69) is 34.6 Å². The van der Waals surface area contributed by atoms with E-state index >= 15 is 0 Å². The molecule has 3 heterocycles. The molecule has 1 aromatic heterocycles. The second-order valence-electron chi connectivity index (χ2n) is 10.7. The maximum atomic E-state index is 13.0. The van der Waals surface area contributed by atoms with Gasteiger partial charge < -0.3 is 15.1 Å². The molecule has 2 unspecified atom stereocenters. The minimum atomic E-state index is -0.287. The third-order valence-electron chi connectivity index (χ3n) is 7.01. The summed E-state index contributed by atoms with van der Waals surface area (Å²) >= 11 is 1.42. The van der Waals surface area contributed by atoms with Crippen LogP contribution in [0.3, 0.4) is 0 Å². The van der Waals surface area contributed by atoms with Gasteiger partial charge in [-0.05, 0) is 45.1 Å². The van der Waals surface area contributed by atoms with Crippen LogP contribution in [0.15, 0.2) is 30.3 Å². The van der Waals surface area contributed by atoms with Crippen molar-refractivity contribution in [2.45, 2.75) is 64.8 Å². The fraction of sp³-hybridized carbons (Fsp3) is 0.577. The first-order chi connectivity index (χ1) is 16.6. The van der Waals surface area contributed by atoms with E-state index in [1.807, 2.05) is 43.9 Å². The Morgan fingerprint density at radius 1 is 1.11 bits per heavy atom. The molecule has 9 heteroatoms. The first-order valence-corrected chi connectivity index (χ1v) is 13.2. The van der Waals surface area contributed by atoms with Gasteiger partial charge in [-0.1, -0.05) is 48.6 Å². The van der Waals surface area contributed by atoms with Crippen molar-refractivity contribution in [3.63, 3.8) is 0 Å². The fourth-order valence-electron chi connectivity index (χ4n) is 4.90. The summed E-state index contributed by atoms with van der Waals surface area (Å²) in [6.45, 7) is 9.68. The van der Waals surface area contributed by atoms with Gasteiger partial charge in [0.05, 0.1) is 5.92 Å². The van der Waals surface area contributed by atoms with Crippen molar-refractivity contribution in [3.05, 3.63) is 40.9 Å². The van der Waals surface area contributed by atoms with E-state index in [1.54, 1.807) is 4.90 Å². The molecule has 188 valence electrons. The minimum Gasteiger partial charge on any atom is -0.342 e. The van der Waals surface area contributed by atoms with Gasteiger partial charge in [-0.15, -0.1) is 10.2 Å². The Balaban J connectivity index is 1.25. The Morgan fingerprint density at radius 3 is 2.43 bits per heavy atom. The second-order valence-corrected chi connectivity index (χ2v) is 11.7. The molecule has 4 rings (SSSR count). The van der Waals surface area contributed by atoms with Crippen LogP contribution in [0.25, 0.3) is 0 Å². The lowest BCUT2D eigenvalue weighted by molar-refractivity contribution is -0.138. The molecule has 1 aromatic carbocycles. The van der Waals surface area contributed by atoms with Crippen molar-refractivity contribution in [2.24, 2.45) is 11.8 Å². The molecule has 0 radical (unpaired) electrons. The molecule has 2 fully saturated rings. The van der Waals surface area contributed by atoms with Crippen molar-refractivity contribution in [3.8, 4) is 0 Å². The van der Waals surface area contributed by atoms with Gasteiger partial charge in [0.2, 0.25) is 22.9 Å². The van der Waals surface area contributed by atoms with Crippen molar-refractivity contribution in [1.82, 2.24) is 20.0 Å². The number of anilines is 1. The zero-order valence-electron chi connectivity index (χ0n) is 21.0. The van der Waals surface area contributed by atoms with Gasteiger partial charge in [0, 0.05) is 43.9 Å². The summed E-state index contributed by atoms with van der Waals surface area (Å²) in [5.41, 5.74) is 0.976. The largest absolute Gasteiger partial charge is 0.342 e. The summed E-state index contributed by atoms with van der Waals surface area (Å²) in [7, 11) is 0. The van der Waals surface area contributed by atoms with Gasteiger partial charge in [0.25, 0.3) is 0 Å². The van der Waals surface area contributed by atoms with E-state index in [1.165, 1.54) is 16.9 Å². The number of carbonyl (C=O) groups excluding carboxylic acids is 3. The number of piperidine rings is 1. The van der Waals surface area contributed by atoms with Gasteiger partial charge in [-0.2, -0.15) is 0 Å². The molecule has 2 aliphatic heterocycles. The summed E-state index contributed by atoms with van der Waals surface area (Å²) in [5.74, 6) is -0.118. The topological polar surface area (TPSA) is 95.5 Å². The quantitative estimate of drug-likeness (QED) is 0.657. The highest BCUT2D eigenvalue weighted by Gasteiger charge is 2.41. The van der Waals surface area contributed by atoms with E-state index < -0.39 is 0 Å². The van der Waals surface area contributed by atoms with Crippen LogP contribution in [0, 0.1) is 11.8 Å². The van der Waals surface area contributed by atoms with Gasteiger partial charge in [0.15, 0.2) is 0 Å². The fourth-order valence-corrected chi connectivity index (χ4v) is 5.77. The summed E-state index contributed by atoms with van der Waals surface area (Å²) < 4.78 is 0. The molecule has 2 atom stereocenters. The predicted molar refractivity (Wildman–Crippen MR) is 136 cm³/mol. The normalized spacial score (nSPS) is 20.2. The zero-order valence-corrected chi connectivity index (χ0v) is 21.8. The Hall–Kier alpha value is -2.81. The Labute approximate surface area is 211 Å². The number of nitrogens with zero attached hydrogens (tertiary/aromatic N) is 4. The van der Waals surface area contributed by atoms with E-state index in [0.29, 0.717) is 43.5 Å². The van der Waals surface area contributed by atoms with Crippen molar-refractivity contribution in [2.75, 3.05) is 25.0 Å². The van der Waals surface area contributed by atoms with Crippen LogP contribution in [0.2, 0.25) is 0 Å². The number of carbonyl (C=O) groups is 3. The molecule has 0 aliphatic carbocycles. The smallest absolute Gasteiger partial charge is 0.229 e. The summed E-state index contributed by atoms with van der Waals surface area (Å²) in [5, 5.41) is 12.8. The van der Waals surface area contributed by atoms with Crippen LogP contribution in [0.1, 0.15) is 63.4 Å². The van der Waals surface area contributed by atoms with Gasteiger partial charge in [-0.3, -0.25) is 14.4 Å². The Bertz CT molecular complexity index is 1060. The first kappa shape index (κ1) is 25.3. The number of hydrogen-bond acceptors (Lipinski definition) is 6. The van der Waals surface area contributed by atoms with Crippen LogP contribution in [0.4, 0.5) is 5.13 Å². The van der Waals surface area contributed by atoms with E-state index in [-0.39, 0.29) is 41.5 Å². The standard InChI is InChI=1S/C26H35N5O3S/c1-17(18-8-6-5-7-9-18)14-21-28-29-25(35-21)27-23(33)19-10-12-30(13-11-19)24(34)20-15-22(32)31(16-20)26(2,3)4/h5-9,17,19-20H,10-16H2,1-4H3,(H,27,29,33). The molecular formula is C26H35N5O3S. The Kier molecular flexibility index (Phi) is 7.54. The summed E-state index contributed by atoms with van der Waals surface area (Å²) in [6.07, 6.45) is 2.27. The van der Waals surface area contributed by atoms with Crippen LogP contribution in [-0.4, -0.2) is 62.9 Å². The molecule has 3 amide bonds. The van der Waals surface area contributed by atoms with E-state index in [9.17, 15) is 14.4 Å². The number of rotatable bonds is 6. The summed E-state index contributed by atoms with van der Waals surface area (Å²) in [6, 6.07) is 10.3. The average Bonchev–Trinajstić information content (AvgIpc) is 3.45. The second kappa shape index (κ2) is 10.4. The number of benzene rings is 1. The van der Waals surface area contributed by atoms with Crippen molar-refractivity contribution in [1.29, 1.82) is 0 Å². The molecule has 1 N–H and O–H groups in total. The van der Waals surface area contributed by atoms with Crippen LogP contribution < -0.4 is 5.32 Å². The monoisotopic (exact) mass is 497 g/mol. The van der Waals surface area contributed by atoms with Gasteiger partial charge in [-0.25, -0.2) is 0 Å². The number of hydrogen-bond donors (Lipinski definition) is 1. The molecule has 2 aromatic rings. The number of nitrogens with one attached hydrogen (secondary N) is 1. The number of amides is 3. The lowest BCUT2D eigenvalue weighted by atomic mass is 9.94. The molecule has 0 saturated carbocycles. The number of likely N-dealkylation sites (tertiary alicyclic amines) is 2. The average molecular weight is 498 g/mol. The van der Waals surface area contributed by atoms with Crippen molar-refractivity contribution < 1.29 is 14.4 Å². The predicted octanol–water partition coefficient (Wildman–Crippen LogP) is 3.71. The van der Waals surface area contributed by atoms with Gasteiger partial charge >= 0.3 is 0 Å². The molecule has 0 bridgehead atoms. The van der Waals surface area contributed by atoms with Crippen LogP contribution in [0.5, 0.6) is 0 Å². The van der Waals surface area contributed by atoms with Crippen molar-refractivity contribution >= 4 is 34.2 Å². The molecule has 0 spiro atoms. The Morgan fingerprint density at radius 2 is 1.80 bits per heavy atom. The third kappa shape index (κ3) is 6.07. The lowest BCUT2D eigenvalue weighted by Crippen LogP contribution is -2.46. The molecule has 35 heavy (non-hydrogen) atoms. The number of aromatic nitrogens is 2. The van der Waals surface area contributed by atoms with Gasteiger partial charge in [0.1, 0.15) is 5.01 Å². The van der Waals surface area contributed by atoms with E-state index in [0.717, 1.165) is 11.4 Å².